The number of hydrogen-bond donors (Lipinski definition) is 1. The van der Waals surface area contributed by atoms with Gasteiger partial charge in [-0.15, -0.1) is 0 Å². The highest BCUT2D eigenvalue weighted by atomic mass is 16.5. The molecule has 0 atom stereocenters. The zero-order valence-electron chi connectivity index (χ0n) is 10.9. The van der Waals surface area contributed by atoms with E-state index in [1.54, 1.807) is 0 Å². The van der Waals surface area contributed by atoms with Gasteiger partial charge in [0.2, 0.25) is 0 Å². The lowest BCUT2D eigenvalue weighted by molar-refractivity contribution is -0.0279. The molecule has 0 saturated carbocycles. The van der Waals surface area contributed by atoms with E-state index in [0.29, 0.717) is 6.54 Å². The van der Waals surface area contributed by atoms with Crippen molar-refractivity contribution in [1.29, 1.82) is 0 Å². The molecule has 1 fully saturated rings. The summed E-state index contributed by atoms with van der Waals surface area (Å²) in [6.07, 6.45) is 1.85. The van der Waals surface area contributed by atoms with Crippen LogP contribution in [0.15, 0.2) is 12.3 Å². The summed E-state index contributed by atoms with van der Waals surface area (Å²) in [5.74, 6) is 1.02. The van der Waals surface area contributed by atoms with Crippen molar-refractivity contribution >= 4 is 5.82 Å². The Balaban J connectivity index is 2.30. The van der Waals surface area contributed by atoms with E-state index >= 15 is 0 Å². The van der Waals surface area contributed by atoms with Crippen molar-refractivity contribution in [1.82, 2.24) is 4.98 Å². The summed E-state index contributed by atoms with van der Waals surface area (Å²) >= 11 is 0. The molecule has 1 aromatic rings. The minimum Gasteiger partial charge on any atom is -0.372 e. The van der Waals surface area contributed by atoms with Crippen LogP contribution in [-0.4, -0.2) is 30.3 Å². The molecule has 1 aliphatic heterocycles. The first kappa shape index (κ1) is 12.3. The molecular formula is C13H21N3O. The van der Waals surface area contributed by atoms with Gasteiger partial charge in [-0.05, 0) is 32.4 Å². The van der Waals surface area contributed by atoms with Gasteiger partial charge in [0.15, 0.2) is 0 Å². The standard InChI is InChI=1S/C13H21N3O/c1-10-4-5-15-12(11(10)8-14)16-6-7-17-13(2,3)9-16/h4-5H,6-9,14H2,1-3H3. The Bertz CT molecular complexity index is 404. The van der Waals surface area contributed by atoms with Crippen molar-refractivity contribution in [3.8, 4) is 0 Å². The van der Waals surface area contributed by atoms with Gasteiger partial charge in [-0.1, -0.05) is 0 Å². The third-order valence-electron chi connectivity index (χ3n) is 3.20. The smallest absolute Gasteiger partial charge is 0.133 e. The van der Waals surface area contributed by atoms with Gasteiger partial charge in [0.25, 0.3) is 0 Å². The number of rotatable bonds is 2. The molecule has 2 rings (SSSR count). The van der Waals surface area contributed by atoms with E-state index in [0.717, 1.165) is 31.1 Å². The van der Waals surface area contributed by atoms with Crippen LogP contribution < -0.4 is 10.6 Å². The largest absolute Gasteiger partial charge is 0.372 e. The van der Waals surface area contributed by atoms with E-state index in [-0.39, 0.29) is 5.60 Å². The van der Waals surface area contributed by atoms with Crippen LogP contribution in [0, 0.1) is 6.92 Å². The first-order chi connectivity index (χ1) is 8.03. The molecule has 0 aliphatic carbocycles. The van der Waals surface area contributed by atoms with Crippen LogP contribution in [-0.2, 0) is 11.3 Å². The molecule has 0 aromatic carbocycles. The van der Waals surface area contributed by atoms with E-state index in [1.807, 2.05) is 12.3 Å². The minimum absolute atomic E-state index is 0.116. The van der Waals surface area contributed by atoms with Crippen molar-refractivity contribution in [2.24, 2.45) is 5.73 Å². The predicted octanol–water partition coefficient (Wildman–Crippen LogP) is 1.46. The highest BCUT2D eigenvalue weighted by Gasteiger charge is 2.28. The van der Waals surface area contributed by atoms with Crippen LogP contribution in [0.5, 0.6) is 0 Å². The molecule has 2 N–H and O–H groups in total. The van der Waals surface area contributed by atoms with Gasteiger partial charge < -0.3 is 15.4 Å². The molecule has 0 radical (unpaired) electrons. The Hall–Kier alpha value is -1.13. The number of ether oxygens (including phenoxy) is 1. The van der Waals surface area contributed by atoms with Gasteiger partial charge >= 0.3 is 0 Å². The molecule has 0 amide bonds. The summed E-state index contributed by atoms with van der Waals surface area (Å²) in [7, 11) is 0. The number of aryl methyl sites for hydroxylation is 1. The van der Waals surface area contributed by atoms with E-state index < -0.39 is 0 Å². The maximum Gasteiger partial charge on any atom is 0.133 e. The summed E-state index contributed by atoms with van der Waals surface area (Å²) in [4.78, 5) is 6.77. The van der Waals surface area contributed by atoms with Crippen molar-refractivity contribution in [2.75, 3.05) is 24.6 Å². The van der Waals surface area contributed by atoms with Crippen LogP contribution in [0.3, 0.4) is 0 Å². The predicted molar refractivity (Wildman–Crippen MR) is 69.1 cm³/mol. The highest BCUT2D eigenvalue weighted by molar-refractivity contribution is 5.50. The fourth-order valence-electron chi connectivity index (χ4n) is 2.30. The Morgan fingerprint density at radius 1 is 1.53 bits per heavy atom. The monoisotopic (exact) mass is 235 g/mol. The molecule has 4 heteroatoms. The first-order valence-electron chi connectivity index (χ1n) is 6.07. The van der Waals surface area contributed by atoms with Gasteiger partial charge in [-0.2, -0.15) is 0 Å². The minimum atomic E-state index is -0.116. The van der Waals surface area contributed by atoms with E-state index in [2.05, 4.69) is 30.7 Å². The number of nitrogens with two attached hydrogens (primary N) is 1. The molecule has 17 heavy (non-hydrogen) atoms. The quantitative estimate of drug-likeness (QED) is 0.843. The molecule has 1 aromatic heterocycles. The summed E-state index contributed by atoms with van der Waals surface area (Å²) in [6, 6.07) is 2.01. The second-order valence-corrected chi connectivity index (χ2v) is 5.16. The average Bonchev–Trinajstić information content (AvgIpc) is 2.27. The van der Waals surface area contributed by atoms with Gasteiger partial charge in [-0.25, -0.2) is 4.98 Å². The maximum atomic E-state index is 5.83. The third-order valence-corrected chi connectivity index (χ3v) is 3.20. The number of anilines is 1. The van der Waals surface area contributed by atoms with Crippen molar-refractivity contribution in [2.45, 2.75) is 32.9 Å². The summed E-state index contributed by atoms with van der Waals surface area (Å²) in [6.45, 7) is 9.32. The van der Waals surface area contributed by atoms with Crippen LogP contribution in [0.25, 0.3) is 0 Å². The van der Waals surface area contributed by atoms with E-state index in [4.69, 9.17) is 10.5 Å². The number of morpholine rings is 1. The van der Waals surface area contributed by atoms with Gasteiger partial charge in [0.1, 0.15) is 5.82 Å². The normalized spacial score (nSPS) is 19.4. The number of pyridine rings is 1. The molecule has 0 spiro atoms. The van der Waals surface area contributed by atoms with Crippen LogP contribution in [0.1, 0.15) is 25.0 Å². The van der Waals surface area contributed by atoms with Crippen LogP contribution in [0.4, 0.5) is 5.82 Å². The van der Waals surface area contributed by atoms with Gasteiger partial charge in [0, 0.05) is 31.4 Å². The zero-order chi connectivity index (χ0) is 12.5. The van der Waals surface area contributed by atoms with Crippen LogP contribution >= 0.6 is 0 Å². The maximum absolute atomic E-state index is 5.83. The number of aromatic nitrogens is 1. The lowest BCUT2D eigenvalue weighted by Gasteiger charge is -2.39. The fraction of sp³-hybridized carbons (Fsp3) is 0.615. The fourth-order valence-corrected chi connectivity index (χ4v) is 2.30. The lowest BCUT2D eigenvalue weighted by Crippen LogP contribution is -2.49. The Morgan fingerprint density at radius 2 is 2.29 bits per heavy atom. The van der Waals surface area contributed by atoms with Crippen molar-refractivity contribution in [3.63, 3.8) is 0 Å². The molecule has 1 saturated heterocycles. The molecular weight excluding hydrogens is 214 g/mol. The van der Waals surface area contributed by atoms with E-state index in [9.17, 15) is 0 Å². The summed E-state index contributed by atoms with van der Waals surface area (Å²) in [5.41, 5.74) is 8.07. The number of nitrogens with zero attached hydrogens (tertiary/aromatic N) is 2. The highest BCUT2D eigenvalue weighted by Crippen LogP contribution is 2.25. The van der Waals surface area contributed by atoms with Crippen molar-refractivity contribution < 1.29 is 4.74 Å². The van der Waals surface area contributed by atoms with Gasteiger partial charge in [0.05, 0.1) is 12.2 Å². The summed E-state index contributed by atoms with van der Waals surface area (Å²) < 4.78 is 5.72. The Morgan fingerprint density at radius 3 is 2.94 bits per heavy atom. The van der Waals surface area contributed by atoms with E-state index in [1.165, 1.54) is 5.56 Å². The SMILES string of the molecule is Cc1ccnc(N2CCOC(C)(C)C2)c1CN. The third kappa shape index (κ3) is 2.58. The second-order valence-electron chi connectivity index (χ2n) is 5.16. The average molecular weight is 235 g/mol. The van der Waals surface area contributed by atoms with Gasteiger partial charge in [-0.3, -0.25) is 0 Å². The Labute approximate surface area is 103 Å². The molecule has 0 unspecified atom stereocenters. The molecule has 94 valence electrons. The second kappa shape index (κ2) is 4.63. The molecule has 4 nitrogen and oxygen atoms in total. The molecule has 2 heterocycles. The summed E-state index contributed by atoms with van der Waals surface area (Å²) in [5, 5.41) is 0. The molecule has 1 aliphatic rings. The lowest BCUT2D eigenvalue weighted by atomic mass is 10.1. The molecule has 0 bridgehead atoms. The van der Waals surface area contributed by atoms with Crippen LogP contribution in [0.2, 0.25) is 0 Å². The Kier molecular flexibility index (Phi) is 3.35. The topological polar surface area (TPSA) is 51.4 Å². The van der Waals surface area contributed by atoms with Crippen molar-refractivity contribution in [3.05, 3.63) is 23.4 Å². The first-order valence-corrected chi connectivity index (χ1v) is 6.07. The number of hydrogen-bond acceptors (Lipinski definition) is 4. The zero-order valence-corrected chi connectivity index (χ0v) is 10.9.